The van der Waals surface area contributed by atoms with E-state index in [1.807, 2.05) is 0 Å². The van der Waals surface area contributed by atoms with Gasteiger partial charge >= 0.3 is 5.97 Å². The van der Waals surface area contributed by atoms with Crippen LogP contribution in [0.15, 0.2) is 17.5 Å². The first-order chi connectivity index (χ1) is 17.4. The summed E-state index contributed by atoms with van der Waals surface area (Å²) < 4.78 is 0. The highest BCUT2D eigenvalue weighted by Gasteiger charge is 2.34. The van der Waals surface area contributed by atoms with Crippen LogP contribution >= 0.6 is 0 Å². The molecule has 3 amide bonds. The zero-order chi connectivity index (χ0) is 28.1. The van der Waals surface area contributed by atoms with Gasteiger partial charge in [-0.05, 0) is 25.7 Å². The second kappa shape index (κ2) is 15.4. The number of aliphatic hydroxyl groups is 1. The number of amides is 3. The van der Waals surface area contributed by atoms with Gasteiger partial charge in [-0.3, -0.25) is 19.4 Å². The summed E-state index contributed by atoms with van der Waals surface area (Å²) in [5.41, 5.74) is 17.3. The fourth-order valence-electron chi connectivity index (χ4n) is 3.36. The molecule has 12 N–H and O–H groups in total. The van der Waals surface area contributed by atoms with Crippen LogP contribution in [-0.2, 0) is 25.6 Å². The molecular weight excluding hydrogens is 486 g/mol. The number of nitrogens with two attached hydrogens (primary N) is 3. The van der Waals surface area contributed by atoms with Gasteiger partial charge in [0.2, 0.25) is 17.7 Å². The van der Waals surface area contributed by atoms with E-state index in [9.17, 15) is 29.4 Å². The Bertz CT molecular complexity index is 918. The van der Waals surface area contributed by atoms with Crippen molar-refractivity contribution in [3.05, 3.63) is 18.2 Å². The van der Waals surface area contributed by atoms with Crippen molar-refractivity contribution >= 4 is 29.7 Å². The number of aromatic nitrogens is 2. The van der Waals surface area contributed by atoms with Gasteiger partial charge < -0.3 is 48.3 Å². The molecule has 1 aromatic heterocycles. The predicted molar refractivity (Wildman–Crippen MR) is 135 cm³/mol. The first-order valence-electron chi connectivity index (χ1n) is 12.0. The SMILES string of the molecule is CCC(C)C(NC(=O)C(CCCN=C(N)N)NC(=O)C(N)Cc1cnc[nH]1)C(=O)NC(C(=O)O)C(C)O. The van der Waals surface area contributed by atoms with E-state index in [2.05, 4.69) is 30.9 Å². The predicted octanol–water partition coefficient (Wildman–Crippen LogP) is -2.70. The second-order valence-corrected chi connectivity index (χ2v) is 8.83. The molecule has 15 nitrogen and oxygen atoms in total. The molecule has 6 unspecified atom stereocenters. The number of aliphatic imine (C=N–C) groups is 1. The van der Waals surface area contributed by atoms with Crippen LogP contribution in [0.4, 0.5) is 0 Å². The third-order valence-corrected chi connectivity index (χ3v) is 5.75. The van der Waals surface area contributed by atoms with Gasteiger partial charge in [0, 0.05) is 24.9 Å². The molecule has 0 aromatic carbocycles. The van der Waals surface area contributed by atoms with Gasteiger partial charge in [0.25, 0.3) is 0 Å². The minimum atomic E-state index is -1.56. The monoisotopic (exact) mass is 525 g/mol. The van der Waals surface area contributed by atoms with Crippen molar-refractivity contribution in [3.8, 4) is 0 Å². The fourth-order valence-corrected chi connectivity index (χ4v) is 3.36. The summed E-state index contributed by atoms with van der Waals surface area (Å²) in [6.45, 7) is 4.93. The van der Waals surface area contributed by atoms with Crippen molar-refractivity contribution in [3.63, 3.8) is 0 Å². The lowest BCUT2D eigenvalue weighted by Crippen LogP contribution is -2.59. The first-order valence-corrected chi connectivity index (χ1v) is 12.0. The minimum Gasteiger partial charge on any atom is -0.480 e. The molecule has 0 spiro atoms. The molecule has 0 aliphatic carbocycles. The number of H-pyrrole nitrogens is 1. The molecule has 0 aliphatic rings. The first kappa shape index (κ1) is 31.3. The van der Waals surface area contributed by atoms with E-state index in [0.717, 1.165) is 0 Å². The van der Waals surface area contributed by atoms with E-state index < -0.39 is 59.9 Å². The number of carbonyl (C=O) groups excluding carboxylic acids is 3. The molecule has 0 saturated heterocycles. The number of imidazole rings is 1. The highest BCUT2D eigenvalue weighted by molar-refractivity contribution is 5.94. The lowest BCUT2D eigenvalue weighted by molar-refractivity contribution is -0.145. The summed E-state index contributed by atoms with van der Waals surface area (Å²) in [5, 5.41) is 26.5. The van der Waals surface area contributed by atoms with Crippen molar-refractivity contribution in [1.29, 1.82) is 0 Å². The molecule has 6 atom stereocenters. The fraction of sp³-hybridized carbons (Fsp3) is 0.636. The van der Waals surface area contributed by atoms with E-state index in [1.54, 1.807) is 13.8 Å². The molecule has 1 heterocycles. The Morgan fingerprint density at radius 3 is 2.24 bits per heavy atom. The standard InChI is InChI=1S/C22H39N9O6/c1-4-11(2)16(20(35)31-17(12(3)32)21(36)37)30-19(34)15(6-5-7-27-22(24)25)29-18(33)14(23)8-13-9-26-10-28-13/h9-12,14-17,32H,4-8,23H2,1-3H3,(H,26,28)(H,29,33)(H,30,34)(H,31,35)(H,36,37)(H4,24,25,27). The van der Waals surface area contributed by atoms with Crippen LogP contribution in [0.2, 0.25) is 0 Å². The van der Waals surface area contributed by atoms with Crippen LogP contribution in [-0.4, -0.2) is 86.6 Å². The number of aromatic amines is 1. The van der Waals surface area contributed by atoms with E-state index in [4.69, 9.17) is 17.2 Å². The Labute approximate surface area is 215 Å². The summed E-state index contributed by atoms with van der Waals surface area (Å²) in [6, 6.07) is -4.76. The van der Waals surface area contributed by atoms with Gasteiger partial charge in [0.1, 0.15) is 12.1 Å². The van der Waals surface area contributed by atoms with Crippen molar-refractivity contribution in [2.24, 2.45) is 28.1 Å². The Kier molecular flexibility index (Phi) is 13.0. The Morgan fingerprint density at radius 1 is 1.08 bits per heavy atom. The summed E-state index contributed by atoms with van der Waals surface area (Å²) in [5.74, 6) is -3.98. The number of hydrogen-bond donors (Lipinski definition) is 9. The van der Waals surface area contributed by atoms with Crippen LogP contribution in [0, 0.1) is 5.92 Å². The van der Waals surface area contributed by atoms with Crippen LogP contribution in [0.3, 0.4) is 0 Å². The maximum atomic E-state index is 13.2. The Hall–Kier alpha value is -3.72. The molecule has 0 aliphatic heterocycles. The molecule has 0 bridgehead atoms. The van der Waals surface area contributed by atoms with Gasteiger partial charge in [-0.1, -0.05) is 20.3 Å². The summed E-state index contributed by atoms with van der Waals surface area (Å²) in [6.07, 6.45) is 2.70. The average molecular weight is 526 g/mol. The largest absolute Gasteiger partial charge is 0.480 e. The maximum absolute atomic E-state index is 13.2. The number of aliphatic carboxylic acids is 1. The summed E-state index contributed by atoms with van der Waals surface area (Å²) in [7, 11) is 0. The zero-order valence-corrected chi connectivity index (χ0v) is 21.3. The van der Waals surface area contributed by atoms with Crippen LogP contribution in [0.25, 0.3) is 0 Å². The number of hydrogen-bond acceptors (Lipinski definition) is 8. The van der Waals surface area contributed by atoms with Crippen molar-refractivity contribution in [1.82, 2.24) is 25.9 Å². The summed E-state index contributed by atoms with van der Waals surface area (Å²) >= 11 is 0. The Morgan fingerprint density at radius 2 is 1.73 bits per heavy atom. The van der Waals surface area contributed by atoms with Gasteiger partial charge in [-0.15, -0.1) is 0 Å². The van der Waals surface area contributed by atoms with Crippen molar-refractivity contribution in [2.75, 3.05) is 6.54 Å². The van der Waals surface area contributed by atoms with E-state index >= 15 is 0 Å². The van der Waals surface area contributed by atoms with Gasteiger partial charge in [0.05, 0.1) is 18.5 Å². The number of guanidine groups is 1. The minimum absolute atomic E-state index is 0.119. The van der Waals surface area contributed by atoms with Gasteiger partial charge in [-0.2, -0.15) is 0 Å². The quantitative estimate of drug-likeness (QED) is 0.0612. The van der Waals surface area contributed by atoms with Gasteiger partial charge in [0.15, 0.2) is 12.0 Å². The molecule has 0 fully saturated rings. The average Bonchev–Trinajstić information content (AvgIpc) is 3.34. The number of nitrogens with zero attached hydrogens (tertiary/aromatic N) is 2. The molecule has 0 saturated carbocycles. The molecule has 1 aromatic rings. The lowest BCUT2D eigenvalue weighted by atomic mass is 9.96. The third kappa shape index (κ3) is 10.8. The Balaban J connectivity index is 3.03. The van der Waals surface area contributed by atoms with E-state index in [0.29, 0.717) is 18.5 Å². The number of carbonyl (C=O) groups is 4. The van der Waals surface area contributed by atoms with Crippen LogP contribution < -0.4 is 33.2 Å². The molecule has 0 radical (unpaired) electrons. The molecular formula is C22H39N9O6. The number of aliphatic hydroxyl groups excluding tert-OH is 1. The van der Waals surface area contributed by atoms with Gasteiger partial charge in [-0.25, -0.2) is 9.78 Å². The molecule has 15 heteroatoms. The highest BCUT2D eigenvalue weighted by Crippen LogP contribution is 2.11. The smallest absolute Gasteiger partial charge is 0.328 e. The summed E-state index contributed by atoms with van der Waals surface area (Å²) in [4.78, 5) is 60.9. The lowest BCUT2D eigenvalue weighted by Gasteiger charge is -2.28. The van der Waals surface area contributed by atoms with Crippen molar-refractivity contribution < 1.29 is 29.4 Å². The second-order valence-electron chi connectivity index (χ2n) is 8.83. The normalized spacial score (nSPS) is 15.8. The maximum Gasteiger partial charge on any atom is 0.328 e. The molecule has 37 heavy (non-hydrogen) atoms. The number of rotatable bonds is 16. The molecule has 208 valence electrons. The molecule has 1 rings (SSSR count). The van der Waals surface area contributed by atoms with E-state index in [-0.39, 0.29) is 25.3 Å². The van der Waals surface area contributed by atoms with E-state index in [1.165, 1.54) is 19.4 Å². The third-order valence-electron chi connectivity index (χ3n) is 5.75. The zero-order valence-electron chi connectivity index (χ0n) is 21.3. The van der Waals surface area contributed by atoms with Crippen LogP contribution in [0.1, 0.15) is 45.7 Å². The topological polar surface area (TPSA) is 264 Å². The number of carboxylic acid groups (broad SMARTS) is 1. The highest BCUT2D eigenvalue weighted by atomic mass is 16.4. The van der Waals surface area contributed by atoms with Crippen molar-refractivity contribution in [2.45, 2.75) is 76.7 Å². The number of carboxylic acids is 1. The van der Waals surface area contributed by atoms with Crippen LogP contribution in [0.5, 0.6) is 0 Å². The number of nitrogens with one attached hydrogen (secondary N) is 4.